The lowest BCUT2D eigenvalue weighted by molar-refractivity contribution is -0.146. The first-order chi connectivity index (χ1) is 14.5. The summed E-state index contributed by atoms with van der Waals surface area (Å²) in [6, 6.07) is 3.06. The number of hydrogen-bond donors (Lipinski definition) is 1. The van der Waals surface area contributed by atoms with Crippen molar-refractivity contribution in [1.82, 2.24) is 30.0 Å². The van der Waals surface area contributed by atoms with E-state index in [1.54, 1.807) is 6.07 Å². The lowest BCUT2D eigenvalue weighted by atomic mass is 9.96. The van der Waals surface area contributed by atoms with Gasteiger partial charge >= 0.3 is 6.18 Å². The quantitative estimate of drug-likeness (QED) is 0.649. The molecule has 0 atom stereocenters. The first kappa shape index (κ1) is 21.4. The zero-order chi connectivity index (χ0) is 22.4. The van der Waals surface area contributed by atoms with Crippen molar-refractivity contribution >= 4 is 33.8 Å². The number of nitrogens with one attached hydrogen (secondary N) is 1. The Kier molecular flexibility index (Phi) is 5.31. The number of aromatic nitrogens is 6. The van der Waals surface area contributed by atoms with Crippen LogP contribution in [0.3, 0.4) is 0 Å². The number of hydrogen-bond acceptors (Lipinski definition) is 8. The Morgan fingerprint density at radius 2 is 1.81 bits per heavy atom. The number of nitrogens with zero attached hydrogens (tertiary/aromatic N) is 7. The van der Waals surface area contributed by atoms with Crippen LogP contribution in [0, 0.1) is 5.92 Å². The molecule has 0 radical (unpaired) electrons. The largest absolute Gasteiger partial charge is 0.453 e. The zero-order valence-electron chi connectivity index (χ0n) is 17.1. The molecule has 4 heterocycles. The highest BCUT2D eigenvalue weighted by Crippen LogP contribution is 2.30. The Morgan fingerprint density at radius 3 is 2.42 bits per heavy atom. The summed E-state index contributed by atoms with van der Waals surface area (Å²) in [4.78, 5) is 14.5. The van der Waals surface area contributed by atoms with E-state index >= 15 is 0 Å². The molecule has 3 aromatic rings. The lowest BCUT2D eigenvalue weighted by Crippen LogP contribution is -2.38. The predicted molar refractivity (Wildman–Crippen MR) is 108 cm³/mol. The van der Waals surface area contributed by atoms with Crippen LogP contribution in [0.4, 0.5) is 24.1 Å². The zero-order valence-corrected chi connectivity index (χ0v) is 18.0. The molecule has 0 aliphatic carbocycles. The van der Waals surface area contributed by atoms with Gasteiger partial charge in [0.2, 0.25) is 11.0 Å². The van der Waals surface area contributed by atoms with Crippen LogP contribution < -0.4 is 10.2 Å². The first-order valence-corrected chi connectivity index (χ1v) is 10.5. The van der Waals surface area contributed by atoms with E-state index in [0.717, 1.165) is 5.01 Å². The lowest BCUT2D eigenvalue weighted by Gasteiger charge is -2.31. The fourth-order valence-electron chi connectivity index (χ4n) is 3.28. The van der Waals surface area contributed by atoms with Gasteiger partial charge in [0, 0.05) is 24.4 Å². The Bertz CT molecular complexity index is 1100. The highest BCUT2D eigenvalue weighted by Gasteiger charge is 2.38. The van der Waals surface area contributed by atoms with Gasteiger partial charge in [0.25, 0.3) is 5.82 Å². The Morgan fingerprint density at radius 1 is 1.10 bits per heavy atom. The molecule has 13 heteroatoms. The van der Waals surface area contributed by atoms with Gasteiger partial charge in [-0.25, -0.2) is 0 Å². The van der Waals surface area contributed by atoms with Crippen LogP contribution in [0.25, 0.3) is 5.65 Å². The van der Waals surface area contributed by atoms with Crippen molar-refractivity contribution in [2.75, 3.05) is 23.3 Å². The molecule has 0 unspecified atom stereocenters. The van der Waals surface area contributed by atoms with E-state index < -0.39 is 12.0 Å². The van der Waals surface area contributed by atoms with Gasteiger partial charge in [-0.1, -0.05) is 32.1 Å². The molecule has 4 rings (SSSR count). The van der Waals surface area contributed by atoms with Crippen molar-refractivity contribution in [1.29, 1.82) is 0 Å². The van der Waals surface area contributed by atoms with E-state index in [0.29, 0.717) is 41.4 Å². The van der Waals surface area contributed by atoms with Gasteiger partial charge in [0.15, 0.2) is 5.65 Å². The predicted octanol–water partition coefficient (Wildman–Crippen LogP) is 3.15. The van der Waals surface area contributed by atoms with E-state index in [1.165, 1.54) is 17.4 Å². The summed E-state index contributed by atoms with van der Waals surface area (Å²) in [5, 5.41) is 23.1. The maximum atomic E-state index is 13.1. The minimum absolute atomic E-state index is 0.0250. The van der Waals surface area contributed by atoms with Crippen molar-refractivity contribution < 1.29 is 18.0 Å². The Balaban J connectivity index is 1.40. The van der Waals surface area contributed by atoms with Gasteiger partial charge in [-0.2, -0.15) is 17.7 Å². The summed E-state index contributed by atoms with van der Waals surface area (Å²) in [5.41, 5.74) is -0.117. The topological polar surface area (TPSA) is 101 Å². The van der Waals surface area contributed by atoms with Crippen LogP contribution in [-0.4, -0.2) is 49.0 Å². The highest BCUT2D eigenvalue weighted by atomic mass is 32.1. The molecule has 1 amide bonds. The molecule has 0 aromatic carbocycles. The first-order valence-electron chi connectivity index (χ1n) is 9.72. The van der Waals surface area contributed by atoms with Gasteiger partial charge in [-0.15, -0.1) is 25.5 Å². The SMILES string of the molecule is CC(C)(C)c1nnc(NC(=O)C2CCN(c3ccc4nnc(C(F)(F)F)n4n3)CC2)s1. The monoisotopic (exact) mass is 454 g/mol. The second-order valence-corrected chi connectivity index (χ2v) is 9.37. The van der Waals surface area contributed by atoms with Gasteiger partial charge in [-0.05, 0) is 25.0 Å². The van der Waals surface area contributed by atoms with E-state index in [4.69, 9.17) is 0 Å². The number of alkyl halides is 3. The number of piperidine rings is 1. The number of anilines is 2. The van der Waals surface area contributed by atoms with Crippen molar-refractivity contribution in [3.05, 3.63) is 23.0 Å². The Hall–Kier alpha value is -2.83. The highest BCUT2D eigenvalue weighted by molar-refractivity contribution is 7.15. The van der Waals surface area contributed by atoms with Crippen LogP contribution in [-0.2, 0) is 16.4 Å². The summed E-state index contributed by atoms with van der Waals surface area (Å²) >= 11 is 1.35. The molecule has 1 fully saturated rings. The summed E-state index contributed by atoms with van der Waals surface area (Å²) in [5.74, 6) is -1.12. The molecule has 166 valence electrons. The normalized spacial score (nSPS) is 16.1. The molecule has 0 spiro atoms. The number of carbonyl (C=O) groups is 1. The van der Waals surface area contributed by atoms with Crippen LogP contribution in [0.5, 0.6) is 0 Å². The Labute approximate surface area is 179 Å². The van der Waals surface area contributed by atoms with E-state index in [1.807, 2.05) is 25.7 Å². The van der Waals surface area contributed by atoms with Crippen molar-refractivity contribution in [3.63, 3.8) is 0 Å². The summed E-state index contributed by atoms with van der Waals surface area (Å²) in [6.07, 6.45) is -3.55. The van der Waals surface area contributed by atoms with Gasteiger partial charge in [-0.3, -0.25) is 4.79 Å². The van der Waals surface area contributed by atoms with Gasteiger partial charge in [0.05, 0.1) is 0 Å². The smallest absolute Gasteiger partial charge is 0.355 e. The molecular formula is C18H21F3N8OS. The summed E-state index contributed by atoms with van der Waals surface area (Å²) in [7, 11) is 0. The second kappa shape index (κ2) is 7.70. The average Bonchev–Trinajstić information content (AvgIpc) is 3.34. The molecule has 0 saturated carbocycles. The van der Waals surface area contributed by atoms with Crippen molar-refractivity contribution in [2.24, 2.45) is 5.92 Å². The molecule has 0 bridgehead atoms. The number of rotatable bonds is 3. The van der Waals surface area contributed by atoms with E-state index in [9.17, 15) is 18.0 Å². The number of amides is 1. The molecule has 1 N–H and O–H groups in total. The van der Waals surface area contributed by atoms with Crippen LogP contribution in [0.2, 0.25) is 0 Å². The van der Waals surface area contributed by atoms with Crippen LogP contribution in [0.1, 0.15) is 44.4 Å². The van der Waals surface area contributed by atoms with E-state index in [-0.39, 0.29) is 22.9 Å². The third-order valence-electron chi connectivity index (χ3n) is 4.99. The molecule has 9 nitrogen and oxygen atoms in total. The number of carbonyl (C=O) groups excluding carboxylic acids is 1. The third kappa shape index (κ3) is 4.45. The number of fused-ring (bicyclic) bond motifs is 1. The number of halogens is 3. The summed E-state index contributed by atoms with van der Waals surface area (Å²) in [6.45, 7) is 7.06. The molecule has 3 aromatic heterocycles. The van der Waals surface area contributed by atoms with Crippen molar-refractivity contribution in [3.8, 4) is 0 Å². The standard InChI is InChI=1S/C18H21F3N8OS/c1-17(2,3)15-25-26-16(31-15)22-13(30)10-6-8-28(9-7-10)12-5-4-11-23-24-14(18(19,20)21)29(11)27-12/h4-5,10H,6-9H2,1-3H3,(H,22,26,30). The van der Waals surface area contributed by atoms with Crippen LogP contribution >= 0.6 is 11.3 Å². The maximum absolute atomic E-state index is 13.1. The molecule has 1 saturated heterocycles. The molecule has 1 aliphatic heterocycles. The fourth-order valence-corrected chi connectivity index (χ4v) is 4.08. The van der Waals surface area contributed by atoms with Gasteiger partial charge in [0.1, 0.15) is 10.8 Å². The third-order valence-corrected chi connectivity index (χ3v) is 6.25. The molecule has 1 aliphatic rings. The molecule has 31 heavy (non-hydrogen) atoms. The maximum Gasteiger partial charge on any atom is 0.453 e. The summed E-state index contributed by atoms with van der Waals surface area (Å²) < 4.78 is 39.9. The minimum Gasteiger partial charge on any atom is -0.355 e. The van der Waals surface area contributed by atoms with Crippen molar-refractivity contribution in [2.45, 2.75) is 45.2 Å². The fraction of sp³-hybridized carbons (Fsp3) is 0.556. The van der Waals surface area contributed by atoms with Crippen LogP contribution in [0.15, 0.2) is 12.1 Å². The average molecular weight is 454 g/mol. The second-order valence-electron chi connectivity index (χ2n) is 8.40. The molecular weight excluding hydrogens is 433 g/mol. The minimum atomic E-state index is -4.65. The van der Waals surface area contributed by atoms with E-state index in [2.05, 4.69) is 30.8 Å². The van der Waals surface area contributed by atoms with Gasteiger partial charge < -0.3 is 10.2 Å².